The maximum atomic E-state index is 13.0. The van der Waals surface area contributed by atoms with Gasteiger partial charge >= 0.3 is 0 Å². The van der Waals surface area contributed by atoms with E-state index in [1.165, 1.54) is 12.1 Å². The van der Waals surface area contributed by atoms with Crippen molar-refractivity contribution in [2.45, 2.75) is 25.9 Å². The third-order valence-electron chi connectivity index (χ3n) is 2.82. The number of rotatable bonds is 5. The molecule has 0 fully saturated rings. The smallest absolute Gasteiger partial charge is 0.140 e. The maximum absolute atomic E-state index is 13.0. The van der Waals surface area contributed by atoms with Crippen LogP contribution in [0.5, 0.6) is 0 Å². The molecule has 0 heterocycles. The molecule has 1 atom stereocenters. The van der Waals surface area contributed by atoms with E-state index in [-0.39, 0.29) is 17.7 Å². The third-order valence-corrected chi connectivity index (χ3v) is 3.56. The number of hydrogen-bond donors (Lipinski definition) is 2. The van der Waals surface area contributed by atoms with Crippen molar-refractivity contribution in [1.82, 2.24) is 4.90 Å². The first-order valence-electron chi connectivity index (χ1n) is 5.54. The third kappa shape index (κ3) is 4.27. The van der Waals surface area contributed by atoms with Gasteiger partial charge in [0, 0.05) is 23.5 Å². The van der Waals surface area contributed by atoms with E-state index in [2.05, 4.69) is 26.0 Å². The van der Waals surface area contributed by atoms with E-state index in [0.29, 0.717) is 13.0 Å². The Hall–Kier alpha value is -1.14. The molecule has 1 rings (SSSR count). The van der Waals surface area contributed by atoms with Gasteiger partial charge in [0.15, 0.2) is 0 Å². The molecule has 0 aromatic heterocycles. The molecule has 18 heavy (non-hydrogen) atoms. The van der Waals surface area contributed by atoms with E-state index in [1.807, 2.05) is 14.0 Å². The summed E-state index contributed by atoms with van der Waals surface area (Å²) in [5.74, 6) is -0.0643. The van der Waals surface area contributed by atoms with Crippen molar-refractivity contribution in [3.8, 4) is 0 Å². The zero-order valence-corrected chi connectivity index (χ0v) is 12.0. The average molecular weight is 318 g/mol. The minimum absolute atomic E-state index is 0.123. The van der Waals surface area contributed by atoms with Crippen molar-refractivity contribution < 1.29 is 9.60 Å². The summed E-state index contributed by atoms with van der Waals surface area (Å²) in [6, 6.07) is 4.74. The zero-order valence-electron chi connectivity index (χ0n) is 10.4. The zero-order chi connectivity index (χ0) is 13.7. The Morgan fingerprint density at radius 3 is 2.83 bits per heavy atom. The predicted molar refractivity (Wildman–Crippen MR) is 73.1 cm³/mol. The van der Waals surface area contributed by atoms with E-state index in [9.17, 15) is 4.39 Å². The molecule has 3 N–H and O–H groups in total. The van der Waals surface area contributed by atoms with Crippen LogP contribution in [-0.4, -0.2) is 29.0 Å². The summed E-state index contributed by atoms with van der Waals surface area (Å²) < 4.78 is 13.7. The van der Waals surface area contributed by atoms with Crippen molar-refractivity contribution >= 4 is 21.8 Å². The topological polar surface area (TPSA) is 61.9 Å². The predicted octanol–water partition coefficient (Wildman–Crippen LogP) is 2.54. The molecule has 0 saturated heterocycles. The highest BCUT2D eigenvalue weighted by atomic mass is 79.9. The number of oxime groups is 1. The van der Waals surface area contributed by atoms with Gasteiger partial charge in [-0.1, -0.05) is 27.2 Å². The molecule has 1 aromatic carbocycles. The summed E-state index contributed by atoms with van der Waals surface area (Å²) in [5.41, 5.74) is 6.46. The summed E-state index contributed by atoms with van der Waals surface area (Å²) in [6.07, 6.45) is 0.478. The van der Waals surface area contributed by atoms with Crippen molar-refractivity contribution in [1.29, 1.82) is 0 Å². The van der Waals surface area contributed by atoms with Crippen molar-refractivity contribution in [3.05, 3.63) is 34.1 Å². The summed E-state index contributed by atoms with van der Waals surface area (Å²) >= 11 is 3.33. The molecule has 0 radical (unpaired) electrons. The minimum atomic E-state index is -0.266. The minimum Gasteiger partial charge on any atom is -0.409 e. The summed E-state index contributed by atoms with van der Waals surface area (Å²) in [7, 11) is 1.94. The van der Waals surface area contributed by atoms with Crippen LogP contribution in [0, 0.1) is 5.82 Å². The van der Waals surface area contributed by atoms with Crippen LogP contribution in [0.15, 0.2) is 27.8 Å². The van der Waals surface area contributed by atoms with Crippen molar-refractivity contribution in [3.63, 3.8) is 0 Å². The van der Waals surface area contributed by atoms with Crippen LogP contribution in [-0.2, 0) is 6.54 Å². The average Bonchev–Trinajstić information content (AvgIpc) is 2.32. The fraction of sp³-hybridized carbons (Fsp3) is 0.417. The van der Waals surface area contributed by atoms with Gasteiger partial charge in [-0.15, -0.1) is 0 Å². The first-order valence-corrected chi connectivity index (χ1v) is 6.34. The normalized spacial score (nSPS) is 13.9. The molecular formula is C12H17BrFN3O. The quantitative estimate of drug-likeness (QED) is 0.380. The van der Waals surface area contributed by atoms with Crippen LogP contribution in [0.3, 0.4) is 0 Å². The Labute approximate surface area is 114 Å². The second kappa shape index (κ2) is 6.70. The Morgan fingerprint density at radius 1 is 1.61 bits per heavy atom. The summed E-state index contributed by atoms with van der Waals surface area (Å²) in [5, 5.41) is 11.5. The monoisotopic (exact) mass is 317 g/mol. The molecule has 100 valence electrons. The van der Waals surface area contributed by atoms with E-state index in [0.717, 1.165) is 10.0 Å². The standard InChI is InChI=1S/C12H17BrFN3O/c1-8(5-12(15)16-18)17(2)7-9-3-4-10(14)6-11(9)13/h3-4,6,8,18H,5,7H2,1-2H3,(H2,15,16). The van der Waals surface area contributed by atoms with Gasteiger partial charge in [-0.3, -0.25) is 4.90 Å². The molecule has 0 aliphatic carbocycles. The van der Waals surface area contributed by atoms with Crippen molar-refractivity contribution in [2.24, 2.45) is 10.9 Å². The molecule has 0 bridgehead atoms. The lowest BCUT2D eigenvalue weighted by molar-refractivity contribution is 0.250. The fourth-order valence-corrected chi connectivity index (χ4v) is 2.05. The van der Waals surface area contributed by atoms with Crippen molar-refractivity contribution in [2.75, 3.05) is 7.05 Å². The molecule has 6 heteroatoms. The molecule has 0 saturated carbocycles. The highest BCUT2D eigenvalue weighted by molar-refractivity contribution is 9.10. The number of benzene rings is 1. The lowest BCUT2D eigenvalue weighted by atomic mass is 10.1. The summed E-state index contributed by atoms with van der Waals surface area (Å²) in [4.78, 5) is 2.05. The lowest BCUT2D eigenvalue weighted by Gasteiger charge is -2.24. The van der Waals surface area contributed by atoms with Gasteiger partial charge in [-0.2, -0.15) is 0 Å². The van der Waals surface area contributed by atoms with E-state index in [4.69, 9.17) is 10.9 Å². The van der Waals surface area contributed by atoms with Crippen LogP contribution in [0.1, 0.15) is 18.9 Å². The molecule has 4 nitrogen and oxygen atoms in total. The van der Waals surface area contributed by atoms with Crippen LogP contribution in [0.2, 0.25) is 0 Å². The number of nitrogens with two attached hydrogens (primary N) is 1. The first kappa shape index (κ1) is 14.9. The van der Waals surface area contributed by atoms with Crippen LogP contribution >= 0.6 is 15.9 Å². The van der Waals surface area contributed by atoms with Crippen LogP contribution < -0.4 is 5.73 Å². The van der Waals surface area contributed by atoms with E-state index < -0.39 is 0 Å². The number of nitrogens with zero attached hydrogens (tertiary/aromatic N) is 2. The van der Waals surface area contributed by atoms with Gasteiger partial charge in [-0.25, -0.2) is 4.39 Å². The molecule has 0 spiro atoms. The van der Waals surface area contributed by atoms with Crippen LogP contribution in [0.25, 0.3) is 0 Å². The second-order valence-electron chi connectivity index (χ2n) is 4.30. The molecule has 1 aromatic rings. The molecule has 1 unspecified atom stereocenters. The second-order valence-corrected chi connectivity index (χ2v) is 5.15. The highest BCUT2D eigenvalue weighted by Crippen LogP contribution is 2.20. The Balaban J connectivity index is 2.66. The SMILES string of the molecule is CC(CC(N)=NO)N(C)Cc1ccc(F)cc1Br. The molecule has 0 amide bonds. The van der Waals surface area contributed by atoms with Gasteiger partial charge < -0.3 is 10.9 Å². The summed E-state index contributed by atoms with van der Waals surface area (Å²) in [6.45, 7) is 2.64. The largest absolute Gasteiger partial charge is 0.409 e. The number of amidine groups is 1. The molecule has 0 aliphatic heterocycles. The number of halogens is 2. The highest BCUT2D eigenvalue weighted by Gasteiger charge is 2.13. The fourth-order valence-electron chi connectivity index (χ4n) is 1.57. The number of hydrogen-bond acceptors (Lipinski definition) is 3. The van der Waals surface area contributed by atoms with E-state index in [1.54, 1.807) is 6.07 Å². The molecular weight excluding hydrogens is 301 g/mol. The van der Waals surface area contributed by atoms with Gasteiger partial charge in [0.2, 0.25) is 0 Å². The van der Waals surface area contributed by atoms with Gasteiger partial charge in [0.1, 0.15) is 11.7 Å². The Kier molecular flexibility index (Phi) is 5.55. The van der Waals surface area contributed by atoms with E-state index >= 15 is 0 Å². The van der Waals surface area contributed by atoms with Gasteiger partial charge in [0.05, 0.1) is 0 Å². The lowest BCUT2D eigenvalue weighted by Crippen LogP contribution is -2.32. The van der Waals surface area contributed by atoms with Gasteiger partial charge in [-0.05, 0) is 31.7 Å². The van der Waals surface area contributed by atoms with Crippen LogP contribution in [0.4, 0.5) is 4.39 Å². The maximum Gasteiger partial charge on any atom is 0.140 e. The Bertz CT molecular complexity index is 439. The van der Waals surface area contributed by atoms with Gasteiger partial charge in [0.25, 0.3) is 0 Å². The Morgan fingerprint density at radius 2 is 2.28 bits per heavy atom. The molecule has 0 aliphatic rings. The first-order chi connectivity index (χ1) is 8.43.